The predicted octanol–water partition coefficient (Wildman–Crippen LogP) is 4.56. The summed E-state index contributed by atoms with van der Waals surface area (Å²) in [4.78, 5) is 26.2. The largest absolute Gasteiger partial charge is 0.484 e. The van der Waals surface area contributed by atoms with Crippen molar-refractivity contribution in [3.05, 3.63) is 82.7 Å². The Hall–Kier alpha value is -4.27. The van der Waals surface area contributed by atoms with Crippen molar-refractivity contribution in [2.24, 2.45) is 0 Å². The van der Waals surface area contributed by atoms with Crippen LogP contribution in [0.2, 0.25) is 0 Å². The fourth-order valence-corrected chi connectivity index (χ4v) is 2.76. The van der Waals surface area contributed by atoms with E-state index in [0.29, 0.717) is 17.2 Å². The van der Waals surface area contributed by atoms with Crippen LogP contribution in [-0.2, 0) is 4.79 Å². The molecule has 0 atom stereocenters. The number of nitro benzene ring substituents is 1. The average molecular weight is 407 g/mol. The third-order valence-corrected chi connectivity index (χ3v) is 4.20. The van der Waals surface area contributed by atoms with Crippen LogP contribution in [0.4, 0.5) is 15.8 Å². The fraction of sp³-hybridized carbons (Fsp3) is 0.0476. The van der Waals surface area contributed by atoms with E-state index in [2.05, 4.69) is 10.3 Å². The molecule has 9 heteroatoms. The van der Waals surface area contributed by atoms with E-state index in [0.717, 1.165) is 23.2 Å². The highest BCUT2D eigenvalue weighted by Gasteiger charge is 2.15. The smallest absolute Gasteiger partial charge is 0.305 e. The first-order chi connectivity index (χ1) is 14.5. The quantitative estimate of drug-likeness (QED) is 0.371. The van der Waals surface area contributed by atoms with Crippen molar-refractivity contribution in [3.63, 3.8) is 0 Å². The van der Waals surface area contributed by atoms with Gasteiger partial charge in [0.2, 0.25) is 11.7 Å². The van der Waals surface area contributed by atoms with E-state index < -0.39 is 22.3 Å². The molecule has 1 amide bonds. The number of halogens is 1. The molecule has 4 aromatic rings. The molecule has 0 aliphatic carbocycles. The first-order valence-corrected chi connectivity index (χ1v) is 8.82. The molecular weight excluding hydrogens is 393 g/mol. The monoisotopic (exact) mass is 407 g/mol. The lowest BCUT2D eigenvalue weighted by Gasteiger charge is -2.08. The highest BCUT2D eigenvalue weighted by Crippen LogP contribution is 2.25. The van der Waals surface area contributed by atoms with Crippen molar-refractivity contribution in [2.75, 3.05) is 11.9 Å². The predicted molar refractivity (Wildman–Crippen MR) is 107 cm³/mol. The van der Waals surface area contributed by atoms with Gasteiger partial charge in [0.1, 0.15) is 11.3 Å². The normalized spacial score (nSPS) is 10.7. The second-order valence-corrected chi connectivity index (χ2v) is 6.27. The summed E-state index contributed by atoms with van der Waals surface area (Å²) in [5.41, 5.74) is 2.06. The molecule has 0 fully saturated rings. The van der Waals surface area contributed by atoms with Crippen molar-refractivity contribution in [2.45, 2.75) is 0 Å². The lowest BCUT2D eigenvalue weighted by molar-refractivity contribution is -0.387. The lowest BCUT2D eigenvalue weighted by Crippen LogP contribution is -2.20. The summed E-state index contributed by atoms with van der Waals surface area (Å²) in [6.07, 6.45) is 0. The maximum atomic E-state index is 13.6. The van der Waals surface area contributed by atoms with Gasteiger partial charge in [-0.1, -0.05) is 12.1 Å². The molecular formula is C21H14FN3O5. The minimum atomic E-state index is -1.03. The highest BCUT2D eigenvalue weighted by molar-refractivity contribution is 5.92. The number of nitrogens with one attached hydrogen (secondary N) is 1. The van der Waals surface area contributed by atoms with E-state index in [4.69, 9.17) is 9.15 Å². The van der Waals surface area contributed by atoms with Crippen molar-refractivity contribution < 1.29 is 23.3 Å². The second-order valence-electron chi connectivity index (χ2n) is 6.27. The topological polar surface area (TPSA) is 108 Å². The summed E-state index contributed by atoms with van der Waals surface area (Å²) in [6.45, 7) is -0.385. The van der Waals surface area contributed by atoms with Gasteiger partial charge in [0.05, 0.1) is 4.92 Å². The number of carbonyl (C=O) groups is 1. The number of benzene rings is 3. The Labute approximate surface area is 169 Å². The van der Waals surface area contributed by atoms with Gasteiger partial charge >= 0.3 is 5.69 Å². The molecule has 30 heavy (non-hydrogen) atoms. The molecule has 0 aliphatic heterocycles. The Balaban J connectivity index is 1.36. The van der Waals surface area contributed by atoms with E-state index in [1.165, 1.54) is 6.07 Å². The van der Waals surface area contributed by atoms with Crippen molar-refractivity contribution >= 4 is 28.4 Å². The number of hydrogen-bond donors (Lipinski definition) is 1. The van der Waals surface area contributed by atoms with Gasteiger partial charge in [0, 0.05) is 23.4 Å². The summed E-state index contributed by atoms with van der Waals surface area (Å²) in [5.74, 6) is -1.02. The van der Waals surface area contributed by atoms with E-state index in [-0.39, 0.29) is 12.4 Å². The molecule has 0 unspecified atom stereocenters. The number of para-hydroxylation sites is 2. The third-order valence-electron chi connectivity index (χ3n) is 4.20. The molecule has 8 nitrogen and oxygen atoms in total. The number of anilines is 1. The number of carbonyl (C=O) groups excluding carboxylic acids is 1. The molecule has 0 spiro atoms. The molecule has 150 valence electrons. The van der Waals surface area contributed by atoms with Crippen LogP contribution in [-0.4, -0.2) is 22.4 Å². The minimum absolute atomic E-state index is 0.0135. The van der Waals surface area contributed by atoms with Crippen molar-refractivity contribution in [1.29, 1.82) is 0 Å². The standard InChI is InChI=1S/C21H14FN3O5/c22-16-11-15(9-10-18(16)25(27)28)29-12-20(26)23-14-7-5-13(6-8-14)21-24-17-3-1-2-4-19(17)30-21/h1-11H,12H2,(H,23,26). The van der Waals surface area contributed by atoms with Crippen LogP contribution in [0.15, 0.2) is 71.1 Å². The van der Waals surface area contributed by atoms with E-state index in [1.807, 2.05) is 24.3 Å². The number of rotatable bonds is 6. The van der Waals surface area contributed by atoms with Crippen LogP contribution in [0.3, 0.4) is 0 Å². The van der Waals surface area contributed by atoms with Gasteiger partial charge < -0.3 is 14.5 Å². The van der Waals surface area contributed by atoms with Crippen LogP contribution < -0.4 is 10.1 Å². The number of ether oxygens (including phenoxy) is 1. The Bertz CT molecular complexity index is 1200. The lowest BCUT2D eigenvalue weighted by atomic mass is 10.2. The molecule has 0 bridgehead atoms. The summed E-state index contributed by atoms with van der Waals surface area (Å²) in [7, 11) is 0. The number of nitro groups is 1. The summed E-state index contributed by atoms with van der Waals surface area (Å²) >= 11 is 0. The molecule has 1 heterocycles. The Morgan fingerprint density at radius 3 is 2.60 bits per heavy atom. The van der Waals surface area contributed by atoms with Gasteiger partial charge in [-0.05, 0) is 42.5 Å². The molecule has 1 N–H and O–H groups in total. The number of fused-ring (bicyclic) bond motifs is 1. The van der Waals surface area contributed by atoms with Gasteiger partial charge in [-0.15, -0.1) is 0 Å². The van der Waals surface area contributed by atoms with Gasteiger partial charge in [-0.3, -0.25) is 14.9 Å². The maximum absolute atomic E-state index is 13.6. The zero-order chi connectivity index (χ0) is 21.1. The molecule has 0 aliphatic rings. The van der Waals surface area contributed by atoms with Crippen LogP contribution in [0.5, 0.6) is 5.75 Å². The molecule has 0 saturated carbocycles. The van der Waals surface area contributed by atoms with Gasteiger partial charge in [0.25, 0.3) is 5.91 Å². The number of aromatic nitrogens is 1. The minimum Gasteiger partial charge on any atom is -0.484 e. The fourth-order valence-electron chi connectivity index (χ4n) is 2.76. The highest BCUT2D eigenvalue weighted by atomic mass is 19.1. The molecule has 0 saturated heterocycles. The van der Waals surface area contributed by atoms with Crippen LogP contribution in [0.25, 0.3) is 22.6 Å². The van der Waals surface area contributed by atoms with Gasteiger partial charge in [0.15, 0.2) is 12.2 Å². The SMILES string of the molecule is O=C(COc1ccc([N+](=O)[O-])c(F)c1)Nc1ccc(-c2nc3ccccc3o2)cc1. The van der Waals surface area contributed by atoms with Crippen molar-refractivity contribution in [1.82, 2.24) is 4.98 Å². The van der Waals surface area contributed by atoms with Gasteiger partial charge in [-0.25, -0.2) is 4.98 Å². The van der Waals surface area contributed by atoms with E-state index in [9.17, 15) is 19.3 Å². The number of amides is 1. The zero-order valence-corrected chi connectivity index (χ0v) is 15.4. The van der Waals surface area contributed by atoms with E-state index >= 15 is 0 Å². The number of oxazole rings is 1. The average Bonchev–Trinajstić information content (AvgIpc) is 3.17. The molecule has 0 radical (unpaired) electrons. The third kappa shape index (κ3) is 4.09. The first kappa shape index (κ1) is 19.1. The Morgan fingerprint density at radius 1 is 1.13 bits per heavy atom. The van der Waals surface area contributed by atoms with Gasteiger partial charge in [-0.2, -0.15) is 4.39 Å². The van der Waals surface area contributed by atoms with Crippen molar-refractivity contribution in [3.8, 4) is 17.2 Å². The van der Waals surface area contributed by atoms with Crippen LogP contribution >= 0.6 is 0 Å². The molecule has 4 rings (SSSR count). The number of hydrogen-bond acceptors (Lipinski definition) is 6. The van der Waals surface area contributed by atoms with E-state index in [1.54, 1.807) is 24.3 Å². The first-order valence-electron chi connectivity index (χ1n) is 8.82. The van der Waals surface area contributed by atoms with Crippen LogP contribution in [0.1, 0.15) is 0 Å². The summed E-state index contributed by atoms with van der Waals surface area (Å²) in [6, 6.07) is 17.4. The molecule has 3 aromatic carbocycles. The van der Waals surface area contributed by atoms with Crippen LogP contribution in [0, 0.1) is 15.9 Å². The second kappa shape index (κ2) is 8.00. The Kier molecular flexibility index (Phi) is 5.08. The summed E-state index contributed by atoms with van der Waals surface area (Å²) in [5, 5.41) is 13.3. The number of nitrogens with zero attached hydrogens (tertiary/aromatic N) is 2. The summed E-state index contributed by atoms with van der Waals surface area (Å²) < 4.78 is 24.5. The zero-order valence-electron chi connectivity index (χ0n) is 15.4. The molecule has 1 aromatic heterocycles. The Morgan fingerprint density at radius 2 is 1.90 bits per heavy atom. The maximum Gasteiger partial charge on any atom is 0.305 e.